The first-order valence-corrected chi connectivity index (χ1v) is 3.45. The first kappa shape index (κ1) is 7.88. The van der Waals surface area contributed by atoms with E-state index in [1.165, 1.54) is 0 Å². The molecule has 0 aliphatic carbocycles. The summed E-state index contributed by atoms with van der Waals surface area (Å²) < 4.78 is 5.10. The molecule has 0 aromatic carbocycles. The van der Waals surface area contributed by atoms with Gasteiger partial charge in [0.15, 0.2) is 0 Å². The Morgan fingerprint density at radius 1 is 1.64 bits per heavy atom. The van der Waals surface area contributed by atoms with Crippen LogP contribution < -0.4 is 11.5 Å². The Labute approximate surface area is 65.7 Å². The van der Waals surface area contributed by atoms with E-state index < -0.39 is 0 Å². The van der Waals surface area contributed by atoms with Crippen molar-refractivity contribution in [2.75, 3.05) is 5.73 Å². The molecule has 1 aromatic heterocycles. The van der Waals surface area contributed by atoms with E-state index >= 15 is 0 Å². The largest absolute Gasteiger partial charge is 0.465 e. The van der Waals surface area contributed by atoms with Gasteiger partial charge in [0.05, 0.1) is 18.5 Å². The van der Waals surface area contributed by atoms with Crippen LogP contribution >= 0.6 is 0 Å². The van der Waals surface area contributed by atoms with Crippen molar-refractivity contribution in [3.8, 4) is 0 Å². The summed E-state index contributed by atoms with van der Waals surface area (Å²) in [4.78, 5) is 0. The molecule has 4 N–H and O–H groups in total. The molecule has 0 bridgehead atoms. The Morgan fingerprint density at radius 2 is 2.36 bits per heavy atom. The molecule has 11 heavy (non-hydrogen) atoms. The van der Waals surface area contributed by atoms with Crippen molar-refractivity contribution < 1.29 is 4.42 Å². The first-order chi connectivity index (χ1) is 5.29. The van der Waals surface area contributed by atoms with Crippen molar-refractivity contribution in [3.63, 3.8) is 0 Å². The number of anilines is 1. The van der Waals surface area contributed by atoms with E-state index in [-0.39, 0.29) is 0 Å². The van der Waals surface area contributed by atoms with Crippen molar-refractivity contribution in [1.29, 1.82) is 0 Å². The molecular weight excluding hydrogens is 140 g/mol. The van der Waals surface area contributed by atoms with Crippen LogP contribution in [-0.2, 0) is 13.0 Å². The lowest BCUT2D eigenvalue weighted by molar-refractivity contribution is 0.512. The summed E-state index contributed by atoms with van der Waals surface area (Å²) in [6.07, 6.45) is 4.13. The summed E-state index contributed by atoms with van der Waals surface area (Å²) in [7, 11) is 0. The topological polar surface area (TPSA) is 65.2 Å². The Hall–Kier alpha value is -1.22. The number of allylic oxidation sites excluding steroid dienone is 1. The lowest BCUT2D eigenvalue weighted by Gasteiger charge is -1.93. The summed E-state index contributed by atoms with van der Waals surface area (Å²) in [6, 6.07) is 0. The van der Waals surface area contributed by atoms with Crippen molar-refractivity contribution >= 4 is 5.69 Å². The van der Waals surface area contributed by atoms with Crippen LogP contribution in [0.1, 0.15) is 11.3 Å². The highest BCUT2D eigenvalue weighted by atomic mass is 16.3. The van der Waals surface area contributed by atoms with Crippen LogP contribution in [0.5, 0.6) is 0 Å². The third-order valence-corrected chi connectivity index (χ3v) is 1.54. The highest BCUT2D eigenvalue weighted by Crippen LogP contribution is 2.19. The molecule has 0 aliphatic heterocycles. The molecule has 0 amide bonds. The zero-order valence-electron chi connectivity index (χ0n) is 6.34. The second-order valence-corrected chi connectivity index (χ2v) is 2.29. The molecular formula is C8H12N2O. The van der Waals surface area contributed by atoms with Crippen LogP contribution in [-0.4, -0.2) is 0 Å². The Kier molecular flexibility index (Phi) is 2.33. The number of rotatable bonds is 3. The maximum absolute atomic E-state index is 5.68. The van der Waals surface area contributed by atoms with Crippen LogP contribution in [0.2, 0.25) is 0 Å². The molecule has 0 aliphatic rings. The first-order valence-electron chi connectivity index (χ1n) is 3.45. The van der Waals surface area contributed by atoms with E-state index in [1.54, 1.807) is 12.3 Å². The summed E-state index contributed by atoms with van der Waals surface area (Å²) in [5, 5.41) is 0. The number of nitrogen functional groups attached to an aromatic ring is 1. The molecule has 60 valence electrons. The van der Waals surface area contributed by atoms with Crippen LogP contribution in [0.3, 0.4) is 0 Å². The van der Waals surface area contributed by atoms with E-state index in [9.17, 15) is 0 Å². The molecule has 1 rings (SSSR count). The highest BCUT2D eigenvalue weighted by molar-refractivity contribution is 5.49. The molecule has 3 nitrogen and oxygen atoms in total. The van der Waals surface area contributed by atoms with E-state index in [4.69, 9.17) is 15.9 Å². The van der Waals surface area contributed by atoms with Crippen molar-refractivity contribution in [1.82, 2.24) is 0 Å². The van der Waals surface area contributed by atoms with E-state index in [0.717, 1.165) is 12.0 Å². The molecule has 1 aromatic rings. The van der Waals surface area contributed by atoms with E-state index in [1.807, 2.05) is 0 Å². The number of furan rings is 1. The van der Waals surface area contributed by atoms with Gasteiger partial charge in [-0.25, -0.2) is 0 Å². The summed E-state index contributed by atoms with van der Waals surface area (Å²) in [6.45, 7) is 3.95. The van der Waals surface area contributed by atoms with Gasteiger partial charge in [-0.15, -0.1) is 6.58 Å². The fourth-order valence-corrected chi connectivity index (χ4v) is 0.920. The quantitative estimate of drug-likeness (QED) is 0.636. The van der Waals surface area contributed by atoms with Gasteiger partial charge < -0.3 is 15.9 Å². The molecule has 0 radical (unpaired) electrons. The predicted molar refractivity (Wildman–Crippen MR) is 44.9 cm³/mol. The average Bonchev–Trinajstić information content (AvgIpc) is 2.34. The molecule has 0 saturated heterocycles. The Bertz CT molecular complexity index is 253. The van der Waals surface area contributed by atoms with Crippen molar-refractivity contribution in [2.45, 2.75) is 13.0 Å². The van der Waals surface area contributed by atoms with Gasteiger partial charge in [0.2, 0.25) is 0 Å². The third kappa shape index (κ3) is 1.43. The van der Waals surface area contributed by atoms with Gasteiger partial charge in [-0.05, 0) is 6.42 Å². The smallest absolute Gasteiger partial charge is 0.140 e. The second-order valence-electron chi connectivity index (χ2n) is 2.29. The molecule has 0 spiro atoms. The Morgan fingerprint density at radius 3 is 2.82 bits per heavy atom. The molecule has 3 heteroatoms. The van der Waals surface area contributed by atoms with Gasteiger partial charge in [0.1, 0.15) is 5.76 Å². The van der Waals surface area contributed by atoms with Gasteiger partial charge in [0, 0.05) is 5.56 Å². The van der Waals surface area contributed by atoms with Gasteiger partial charge in [-0.3, -0.25) is 0 Å². The van der Waals surface area contributed by atoms with Gasteiger partial charge >= 0.3 is 0 Å². The fraction of sp³-hybridized carbons (Fsp3) is 0.250. The van der Waals surface area contributed by atoms with Crippen LogP contribution in [0.15, 0.2) is 23.3 Å². The molecule has 0 fully saturated rings. The second kappa shape index (κ2) is 3.25. The van der Waals surface area contributed by atoms with E-state index in [0.29, 0.717) is 18.0 Å². The monoisotopic (exact) mass is 152 g/mol. The highest BCUT2D eigenvalue weighted by Gasteiger charge is 2.06. The maximum Gasteiger partial charge on any atom is 0.140 e. The third-order valence-electron chi connectivity index (χ3n) is 1.54. The summed E-state index contributed by atoms with van der Waals surface area (Å²) >= 11 is 0. The number of hydrogen-bond donors (Lipinski definition) is 2. The molecule has 1 heterocycles. The Balaban J connectivity index is 2.90. The zero-order chi connectivity index (χ0) is 8.27. The van der Waals surface area contributed by atoms with Crippen molar-refractivity contribution in [2.24, 2.45) is 5.73 Å². The van der Waals surface area contributed by atoms with Gasteiger partial charge in [-0.2, -0.15) is 0 Å². The predicted octanol–water partition coefficient (Wildman–Crippen LogP) is 1.05. The SMILES string of the molecule is C=CCc1coc(CN)c1N. The minimum absolute atomic E-state index is 0.350. The minimum atomic E-state index is 0.350. The van der Waals surface area contributed by atoms with E-state index in [2.05, 4.69) is 6.58 Å². The lowest BCUT2D eigenvalue weighted by atomic mass is 10.2. The maximum atomic E-state index is 5.68. The standard InChI is InChI=1S/C8H12N2O/c1-2-3-6-5-11-7(4-9)8(6)10/h2,5H,1,3-4,9-10H2. The van der Waals surface area contributed by atoms with Crippen LogP contribution in [0.4, 0.5) is 5.69 Å². The van der Waals surface area contributed by atoms with Gasteiger partial charge in [0.25, 0.3) is 0 Å². The normalized spacial score (nSPS) is 9.91. The molecule has 0 unspecified atom stereocenters. The molecule has 0 atom stereocenters. The molecule has 0 saturated carbocycles. The summed E-state index contributed by atoms with van der Waals surface area (Å²) in [5.74, 6) is 0.654. The van der Waals surface area contributed by atoms with Crippen LogP contribution in [0.25, 0.3) is 0 Å². The number of hydrogen-bond acceptors (Lipinski definition) is 3. The van der Waals surface area contributed by atoms with Gasteiger partial charge in [-0.1, -0.05) is 6.08 Å². The summed E-state index contributed by atoms with van der Waals surface area (Å²) in [5.41, 5.74) is 12.7. The minimum Gasteiger partial charge on any atom is -0.465 e. The number of nitrogens with two attached hydrogens (primary N) is 2. The van der Waals surface area contributed by atoms with Crippen molar-refractivity contribution in [3.05, 3.63) is 30.2 Å². The zero-order valence-corrected chi connectivity index (χ0v) is 6.34. The lowest BCUT2D eigenvalue weighted by Crippen LogP contribution is -1.99. The van der Waals surface area contributed by atoms with Crippen LogP contribution in [0, 0.1) is 0 Å². The average molecular weight is 152 g/mol. The fourth-order valence-electron chi connectivity index (χ4n) is 0.920.